The first-order chi connectivity index (χ1) is 8.24. The van der Waals surface area contributed by atoms with Crippen LogP contribution in [0, 0.1) is 0 Å². The van der Waals surface area contributed by atoms with Crippen molar-refractivity contribution in [3.05, 3.63) is 36.2 Å². The molecule has 1 aromatic heterocycles. The van der Waals surface area contributed by atoms with Gasteiger partial charge in [0.15, 0.2) is 0 Å². The van der Waals surface area contributed by atoms with Crippen molar-refractivity contribution in [1.82, 2.24) is 9.55 Å². The maximum atomic E-state index is 9.06. The lowest BCUT2D eigenvalue weighted by Crippen LogP contribution is -1.94. The van der Waals surface area contributed by atoms with E-state index in [9.17, 15) is 0 Å². The molecule has 0 unspecified atom stereocenters. The van der Waals surface area contributed by atoms with Gasteiger partial charge in [0.25, 0.3) is 0 Å². The zero-order valence-corrected chi connectivity index (χ0v) is 10.1. The van der Waals surface area contributed by atoms with Crippen molar-refractivity contribution in [1.29, 1.82) is 0 Å². The van der Waals surface area contributed by atoms with Gasteiger partial charge in [0.2, 0.25) is 0 Å². The third-order valence-corrected chi connectivity index (χ3v) is 2.49. The highest BCUT2D eigenvalue weighted by Gasteiger charge is 2.07. The van der Waals surface area contributed by atoms with Crippen molar-refractivity contribution in [2.45, 2.75) is 13.5 Å². The van der Waals surface area contributed by atoms with Gasteiger partial charge >= 0.3 is 0 Å². The molecule has 0 aliphatic rings. The van der Waals surface area contributed by atoms with Gasteiger partial charge in [-0.3, -0.25) is 0 Å². The van der Waals surface area contributed by atoms with E-state index in [2.05, 4.69) is 4.98 Å². The number of aliphatic hydroxyl groups excluding tert-OH is 1. The fraction of sp³-hybridized carbons (Fsp3) is 0.308. The highest BCUT2D eigenvalue weighted by atomic mass is 16.5. The quantitative estimate of drug-likeness (QED) is 0.876. The first-order valence-electron chi connectivity index (χ1n) is 5.61. The van der Waals surface area contributed by atoms with Crippen molar-refractivity contribution in [2.24, 2.45) is 7.05 Å². The van der Waals surface area contributed by atoms with E-state index in [0.29, 0.717) is 12.3 Å². The van der Waals surface area contributed by atoms with Crippen LogP contribution in [0.4, 0.5) is 0 Å². The number of ether oxygens (including phenoxy) is 1. The molecule has 0 amide bonds. The number of aliphatic hydroxyl groups is 1. The molecule has 0 fully saturated rings. The summed E-state index contributed by atoms with van der Waals surface area (Å²) in [6.45, 7) is 2.56. The zero-order valence-electron chi connectivity index (χ0n) is 10.1. The molecule has 0 aliphatic carbocycles. The molecule has 1 N–H and O–H groups in total. The Labute approximate surface area is 100 Å². The Morgan fingerprint density at radius 3 is 2.88 bits per heavy atom. The average molecular weight is 232 g/mol. The summed E-state index contributed by atoms with van der Waals surface area (Å²) in [6, 6.07) is 7.79. The second-order valence-corrected chi connectivity index (χ2v) is 3.79. The lowest BCUT2D eigenvalue weighted by atomic mass is 10.2. The number of nitrogens with zero attached hydrogens (tertiary/aromatic N) is 2. The van der Waals surface area contributed by atoms with E-state index in [4.69, 9.17) is 9.84 Å². The van der Waals surface area contributed by atoms with Crippen LogP contribution in [0.3, 0.4) is 0 Å². The van der Waals surface area contributed by atoms with Crippen LogP contribution in [0.5, 0.6) is 5.75 Å². The molecule has 17 heavy (non-hydrogen) atoms. The maximum Gasteiger partial charge on any atom is 0.140 e. The average Bonchev–Trinajstić information content (AvgIpc) is 2.71. The Balaban J connectivity index is 2.37. The largest absolute Gasteiger partial charge is 0.494 e. The summed E-state index contributed by atoms with van der Waals surface area (Å²) in [6.07, 6.45) is 1.82. The van der Waals surface area contributed by atoms with E-state index < -0.39 is 0 Å². The van der Waals surface area contributed by atoms with Crippen LogP contribution in [0.25, 0.3) is 11.4 Å². The Hall–Kier alpha value is -1.81. The molecule has 0 saturated carbocycles. The fourth-order valence-electron chi connectivity index (χ4n) is 1.76. The number of hydrogen-bond donors (Lipinski definition) is 1. The number of hydrogen-bond acceptors (Lipinski definition) is 3. The van der Waals surface area contributed by atoms with Gasteiger partial charge in [0.1, 0.15) is 11.6 Å². The minimum Gasteiger partial charge on any atom is -0.494 e. The van der Waals surface area contributed by atoms with Gasteiger partial charge in [-0.25, -0.2) is 4.98 Å². The van der Waals surface area contributed by atoms with Crippen molar-refractivity contribution in [2.75, 3.05) is 6.61 Å². The summed E-state index contributed by atoms with van der Waals surface area (Å²) in [4.78, 5) is 4.36. The minimum atomic E-state index is -0.0427. The second-order valence-electron chi connectivity index (χ2n) is 3.79. The van der Waals surface area contributed by atoms with Gasteiger partial charge in [-0.15, -0.1) is 0 Å². The fourth-order valence-corrected chi connectivity index (χ4v) is 1.76. The Bertz CT molecular complexity index is 506. The summed E-state index contributed by atoms with van der Waals surface area (Å²) in [5.74, 6) is 1.66. The van der Waals surface area contributed by atoms with Crippen LogP contribution in [0.15, 0.2) is 30.5 Å². The molecule has 0 atom stereocenters. The van der Waals surface area contributed by atoms with Crippen LogP contribution >= 0.6 is 0 Å². The third kappa shape index (κ3) is 2.47. The van der Waals surface area contributed by atoms with E-state index in [-0.39, 0.29) is 6.61 Å². The molecule has 4 heteroatoms. The molecule has 1 aromatic carbocycles. The summed E-state index contributed by atoms with van der Waals surface area (Å²) >= 11 is 0. The number of benzene rings is 1. The van der Waals surface area contributed by atoms with Gasteiger partial charge in [0, 0.05) is 18.8 Å². The lowest BCUT2D eigenvalue weighted by Gasteiger charge is -2.05. The summed E-state index contributed by atoms with van der Waals surface area (Å²) < 4.78 is 7.35. The van der Waals surface area contributed by atoms with E-state index in [0.717, 1.165) is 17.1 Å². The van der Waals surface area contributed by atoms with E-state index in [1.165, 1.54) is 0 Å². The molecule has 4 nitrogen and oxygen atoms in total. The monoisotopic (exact) mass is 232 g/mol. The zero-order chi connectivity index (χ0) is 12.3. The predicted octanol–water partition coefficient (Wildman–Crippen LogP) is 1.98. The molecule has 2 aromatic rings. The number of aryl methyl sites for hydroxylation is 1. The maximum absolute atomic E-state index is 9.06. The Morgan fingerprint density at radius 1 is 1.41 bits per heavy atom. The summed E-state index contributed by atoms with van der Waals surface area (Å²) in [5.41, 5.74) is 1.66. The van der Waals surface area contributed by atoms with Gasteiger partial charge in [-0.2, -0.15) is 0 Å². The smallest absolute Gasteiger partial charge is 0.140 e. The predicted molar refractivity (Wildman–Crippen MR) is 65.7 cm³/mol. The first kappa shape index (κ1) is 11.7. The van der Waals surface area contributed by atoms with Crippen LogP contribution in [0.2, 0.25) is 0 Å². The van der Waals surface area contributed by atoms with Crippen molar-refractivity contribution in [3.63, 3.8) is 0 Å². The Morgan fingerprint density at radius 2 is 2.24 bits per heavy atom. The summed E-state index contributed by atoms with van der Waals surface area (Å²) in [7, 11) is 1.91. The van der Waals surface area contributed by atoms with Crippen LogP contribution in [-0.2, 0) is 13.7 Å². The van der Waals surface area contributed by atoms with Gasteiger partial charge in [-0.05, 0) is 19.1 Å². The Kier molecular flexibility index (Phi) is 3.44. The molecular formula is C13H16N2O2. The second kappa shape index (κ2) is 5.01. The molecule has 1 heterocycles. The molecule has 0 aliphatic heterocycles. The SMILES string of the molecule is CCOc1cccc(-c2nc(CO)cn2C)c1. The van der Waals surface area contributed by atoms with Gasteiger partial charge in [0.05, 0.1) is 18.9 Å². The molecule has 0 radical (unpaired) electrons. The van der Waals surface area contributed by atoms with E-state index in [1.807, 2.05) is 49.0 Å². The number of rotatable bonds is 4. The highest BCUT2D eigenvalue weighted by molar-refractivity contribution is 5.58. The van der Waals surface area contributed by atoms with Crippen LogP contribution in [-0.4, -0.2) is 21.3 Å². The van der Waals surface area contributed by atoms with Crippen molar-refractivity contribution < 1.29 is 9.84 Å². The topological polar surface area (TPSA) is 47.3 Å². The molecule has 0 saturated heterocycles. The number of imidazole rings is 1. The third-order valence-electron chi connectivity index (χ3n) is 2.49. The number of aromatic nitrogens is 2. The first-order valence-corrected chi connectivity index (χ1v) is 5.61. The van der Waals surface area contributed by atoms with Crippen molar-refractivity contribution in [3.8, 4) is 17.1 Å². The summed E-state index contributed by atoms with van der Waals surface area (Å²) in [5, 5.41) is 9.06. The van der Waals surface area contributed by atoms with Gasteiger partial charge < -0.3 is 14.4 Å². The van der Waals surface area contributed by atoms with Crippen LogP contribution in [0.1, 0.15) is 12.6 Å². The van der Waals surface area contributed by atoms with Crippen molar-refractivity contribution >= 4 is 0 Å². The molecular weight excluding hydrogens is 216 g/mol. The molecule has 0 bridgehead atoms. The van der Waals surface area contributed by atoms with E-state index in [1.54, 1.807) is 0 Å². The normalized spacial score (nSPS) is 10.5. The lowest BCUT2D eigenvalue weighted by molar-refractivity contribution is 0.277. The standard InChI is InChI=1S/C13H16N2O2/c1-3-17-12-6-4-5-10(7-12)13-14-11(9-16)8-15(13)2/h4-8,16H,3,9H2,1-2H3. The van der Waals surface area contributed by atoms with Crippen LogP contribution < -0.4 is 4.74 Å². The molecule has 90 valence electrons. The molecule has 0 spiro atoms. The van der Waals surface area contributed by atoms with E-state index >= 15 is 0 Å². The van der Waals surface area contributed by atoms with Gasteiger partial charge in [-0.1, -0.05) is 12.1 Å². The highest BCUT2D eigenvalue weighted by Crippen LogP contribution is 2.23. The minimum absolute atomic E-state index is 0.0427. The molecule has 2 rings (SSSR count).